The van der Waals surface area contributed by atoms with Crippen molar-refractivity contribution in [1.29, 1.82) is 0 Å². The van der Waals surface area contributed by atoms with Crippen LogP contribution in [0.2, 0.25) is 5.15 Å². The molecular weight excluding hydrogens is 212 g/mol. The molecule has 15 heavy (non-hydrogen) atoms. The monoisotopic (exact) mass is 226 g/mol. The van der Waals surface area contributed by atoms with E-state index in [1.807, 2.05) is 0 Å². The number of rotatable bonds is 2. The minimum absolute atomic E-state index is 0.0425. The number of Topliss-reactive ketones (excluding diaryl/α,β-unsaturated/α-hetero) is 1. The highest BCUT2D eigenvalue weighted by molar-refractivity contribution is 6.30. The van der Waals surface area contributed by atoms with Crippen molar-refractivity contribution in [2.24, 2.45) is 0 Å². The number of aromatic nitrogens is 2. The highest BCUT2D eigenvalue weighted by Gasteiger charge is 2.29. The van der Waals surface area contributed by atoms with Crippen molar-refractivity contribution in [3.8, 4) is 0 Å². The van der Waals surface area contributed by atoms with Crippen LogP contribution in [0.5, 0.6) is 0 Å². The summed E-state index contributed by atoms with van der Waals surface area (Å²) in [6.07, 6.45) is 2.81. The van der Waals surface area contributed by atoms with E-state index in [1.54, 1.807) is 6.92 Å². The van der Waals surface area contributed by atoms with Gasteiger partial charge in [-0.1, -0.05) is 18.5 Å². The van der Waals surface area contributed by atoms with Gasteiger partial charge in [0, 0.05) is 13.0 Å². The van der Waals surface area contributed by atoms with Gasteiger partial charge in [0.15, 0.2) is 5.15 Å². The number of carbonyl (C=O) groups excluding carboxylic acids is 1. The number of fused-ring (bicyclic) bond motifs is 1. The van der Waals surface area contributed by atoms with Crippen LogP contribution in [0.4, 0.5) is 0 Å². The van der Waals surface area contributed by atoms with Crippen LogP contribution >= 0.6 is 11.6 Å². The first-order valence-electron chi connectivity index (χ1n) is 5.40. The summed E-state index contributed by atoms with van der Waals surface area (Å²) >= 11 is 6.10. The minimum atomic E-state index is -0.0425. The fourth-order valence-electron chi connectivity index (χ4n) is 2.32. The van der Waals surface area contributed by atoms with Crippen molar-refractivity contribution in [1.82, 2.24) is 9.55 Å². The van der Waals surface area contributed by atoms with Gasteiger partial charge in [-0.2, -0.15) is 0 Å². The van der Waals surface area contributed by atoms with E-state index in [2.05, 4.69) is 16.5 Å². The molecule has 1 aromatic heterocycles. The first kappa shape index (κ1) is 10.7. The molecule has 0 saturated heterocycles. The van der Waals surface area contributed by atoms with E-state index in [9.17, 15) is 4.79 Å². The number of carbonyl (C=O) groups is 1. The Morgan fingerprint density at radius 2 is 2.40 bits per heavy atom. The molecule has 2 rings (SSSR count). The molecule has 1 atom stereocenters. The van der Waals surface area contributed by atoms with Crippen LogP contribution in [-0.4, -0.2) is 15.3 Å². The van der Waals surface area contributed by atoms with Crippen LogP contribution < -0.4 is 0 Å². The van der Waals surface area contributed by atoms with Gasteiger partial charge in [0.2, 0.25) is 0 Å². The predicted octanol–water partition coefficient (Wildman–Crippen LogP) is 2.57. The molecule has 1 aromatic rings. The van der Waals surface area contributed by atoms with Gasteiger partial charge in [-0.3, -0.25) is 4.79 Å². The van der Waals surface area contributed by atoms with Crippen molar-refractivity contribution in [2.45, 2.75) is 45.6 Å². The average molecular weight is 227 g/mol. The summed E-state index contributed by atoms with van der Waals surface area (Å²) in [5.41, 5.74) is 0.937. The van der Waals surface area contributed by atoms with Crippen molar-refractivity contribution >= 4 is 17.4 Å². The van der Waals surface area contributed by atoms with Crippen LogP contribution in [0.25, 0.3) is 0 Å². The SMILES string of the molecule is CCc1nc(Cl)c2n1CCCC2C(C)=O. The average Bonchev–Trinajstić information content (AvgIpc) is 2.55. The van der Waals surface area contributed by atoms with Gasteiger partial charge in [-0.15, -0.1) is 0 Å². The molecule has 0 N–H and O–H groups in total. The molecule has 3 nitrogen and oxygen atoms in total. The minimum Gasteiger partial charge on any atom is -0.330 e. The van der Waals surface area contributed by atoms with E-state index in [-0.39, 0.29) is 11.7 Å². The van der Waals surface area contributed by atoms with Crippen molar-refractivity contribution < 1.29 is 4.79 Å². The van der Waals surface area contributed by atoms with Crippen molar-refractivity contribution in [3.63, 3.8) is 0 Å². The third kappa shape index (κ3) is 1.69. The molecule has 0 radical (unpaired) electrons. The van der Waals surface area contributed by atoms with Crippen molar-refractivity contribution in [2.75, 3.05) is 0 Å². The number of hydrogen-bond acceptors (Lipinski definition) is 2. The molecular formula is C11H15ClN2O. The summed E-state index contributed by atoms with van der Waals surface area (Å²) in [5, 5.41) is 0.520. The molecule has 0 bridgehead atoms. The van der Waals surface area contributed by atoms with Gasteiger partial charge < -0.3 is 4.57 Å². The fourth-order valence-corrected chi connectivity index (χ4v) is 2.65. The van der Waals surface area contributed by atoms with E-state index in [4.69, 9.17) is 11.6 Å². The largest absolute Gasteiger partial charge is 0.330 e. The zero-order chi connectivity index (χ0) is 11.0. The van der Waals surface area contributed by atoms with E-state index >= 15 is 0 Å². The Morgan fingerprint density at radius 3 is 3.00 bits per heavy atom. The number of ketones is 1. The lowest BCUT2D eigenvalue weighted by Crippen LogP contribution is -2.21. The van der Waals surface area contributed by atoms with E-state index in [0.29, 0.717) is 5.15 Å². The maximum atomic E-state index is 11.5. The second kappa shape index (κ2) is 3.97. The third-order valence-electron chi connectivity index (χ3n) is 3.05. The number of halogens is 1. The Labute approximate surface area is 94.4 Å². The van der Waals surface area contributed by atoms with Gasteiger partial charge in [0.25, 0.3) is 0 Å². The smallest absolute Gasteiger partial charge is 0.151 e. The molecule has 4 heteroatoms. The number of aryl methyl sites for hydroxylation is 1. The zero-order valence-corrected chi connectivity index (χ0v) is 9.84. The second-order valence-electron chi connectivity index (χ2n) is 4.01. The molecule has 82 valence electrons. The molecule has 0 saturated carbocycles. The summed E-state index contributed by atoms with van der Waals surface area (Å²) in [7, 11) is 0. The second-order valence-corrected chi connectivity index (χ2v) is 4.37. The number of imidazole rings is 1. The van der Waals surface area contributed by atoms with E-state index in [1.165, 1.54) is 0 Å². The summed E-state index contributed by atoms with van der Waals surface area (Å²) in [6.45, 7) is 4.64. The molecule has 1 aliphatic heterocycles. The lowest BCUT2D eigenvalue weighted by atomic mass is 9.93. The quantitative estimate of drug-likeness (QED) is 0.777. The summed E-state index contributed by atoms with van der Waals surface area (Å²) in [5.74, 6) is 1.15. The van der Waals surface area contributed by atoms with Gasteiger partial charge >= 0.3 is 0 Å². The molecule has 0 fully saturated rings. The Morgan fingerprint density at radius 1 is 1.67 bits per heavy atom. The fraction of sp³-hybridized carbons (Fsp3) is 0.636. The van der Waals surface area contributed by atoms with Gasteiger partial charge in [-0.25, -0.2) is 4.98 Å². The van der Waals surface area contributed by atoms with Gasteiger partial charge in [0.05, 0.1) is 11.6 Å². The number of nitrogens with zero attached hydrogens (tertiary/aromatic N) is 2. The molecule has 1 unspecified atom stereocenters. The Hall–Kier alpha value is -0.830. The molecule has 0 amide bonds. The first-order valence-corrected chi connectivity index (χ1v) is 5.78. The van der Waals surface area contributed by atoms with Crippen LogP contribution in [0.1, 0.15) is 44.1 Å². The lowest BCUT2D eigenvalue weighted by molar-refractivity contribution is -0.118. The number of hydrogen-bond donors (Lipinski definition) is 0. The van der Waals surface area contributed by atoms with Crippen LogP contribution in [0.15, 0.2) is 0 Å². The van der Waals surface area contributed by atoms with Crippen LogP contribution in [0.3, 0.4) is 0 Å². The van der Waals surface area contributed by atoms with E-state index in [0.717, 1.165) is 37.3 Å². The summed E-state index contributed by atoms with van der Waals surface area (Å²) < 4.78 is 2.12. The Balaban J connectivity index is 2.51. The van der Waals surface area contributed by atoms with Gasteiger partial charge in [-0.05, 0) is 19.8 Å². The predicted molar refractivity (Wildman–Crippen MR) is 59.3 cm³/mol. The highest BCUT2D eigenvalue weighted by atomic mass is 35.5. The van der Waals surface area contributed by atoms with Gasteiger partial charge in [0.1, 0.15) is 11.6 Å². The van der Waals surface area contributed by atoms with Crippen molar-refractivity contribution in [3.05, 3.63) is 16.7 Å². The topological polar surface area (TPSA) is 34.9 Å². The van der Waals surface area contributed by atoms with E-state index < -0.39 is 0 Å². The van der Waals surface area contributed by atoms with Crippen LogP contribution in [0, 0.1) is 0 Å². The highest BCUT2D eigenvalue weighted by Crippen LogP contribution is 2.34. The standard InChI is InChI=1S/C11H15ClN2O/c1-3-9-13-11(12)10-8(7(2)15)5-4-6-14(9)10/h8H,3-6H2,1-2H3. The Bertz CT molecular complexity index is 398. The maximum absolute atomic E-state index is 11.5. The Kier molecular flexibility index (Phi) is 2.83. The van der Waals surface area contributed by atoms with Crippen LogP contribution in [-0.2, 0) is 17.8 Å². The summed E-state index contributed by atoms with van der Waals surface area (Å²) in [4.78, 5) is 15.8. The first-order chi connectivity index (χ1) is 7.15. The molecule has 1 aliphatic rings. The lowest BCUT2D eigenvalue weighted by Gasteiger charge is -2.23. The molecule has 0 aromatic carbocycles. The maximum Gasteiger partial charge on any atom is 0.151 e. The molecule has 0 spiro atoms. The molecule has 0 aliphatic carbocycles. The molecule has 2 heterocycles. The summed E-state index contributed by atoms with van der Waals surface area (Å²) in [6, 6.07) is 0. The normalized spacial score (nSPS) is 20.1. The zero-order valence-electron chi connectivity index (χ0n) is 9.09. The third-order valence-corrected chi connectivity index (χ3v) is 3.33.